The number of hydrogen-bond donors (Lipinski definition) is 1. The van der Waals surface area contributed by atoms with Gasteiger partial charge in [-0.25, -0.2) is 4.98 Å². The fourth-order valence-electron chi connectivity index (χ4n) is 2.40. The number of pyridine rings is 1. The number of aromatic nitrogens is 1. The molecule has 1 aliphatic heterocycles. The summed E-state index contributed by atoms with van der Waals surface area (Å²) in [4.78, 5) is 30.2. The first-order valence-electron chi connectivity index (χ1n) is 7.12. The van der Waals surface area contributed by atoms with Gasteiger partial charge in [0, 0.05) is 18.7 Å². The Hall–Kier alpha value is -1.91. The molecule has 1 aromatic rings. The van der Waals surface area contributed by atoms with E-state index in [2.05, 4.69) is 10.3 Å². The van der Waals surface area contributed by atoms with Crippen LogP contribution in [0.5, 0.6) is 0 Å². The van der Waals surface area contributed by atoms with Crippen molar-refractivity contribution in [2.45, 2.75) is 45.6 Å². The molecular formula is C15H21N3O2. The third-order valence-electron chi connectivity index (χ3n) is 3.60. The molecule has 20 heavy (non-hydrogen) atoms. The summed E-state index contributed by atoms with van der Waals surface area (Å²) in [5.41, 5.74) is 0.848. The van der Waals surface area contributed by atoms with Gasteiger partial charge >= 0.3 is 0 Å². The molecule has 1 aromatic heterocycles. The average molecular weight is 275 g/mol. The van der Waals surface area contributed by atoms with Crippen LogP contribution in [-0.4, -0.2) is 34.3 Å². The first-order chi connectivity index (χ1) is 9.58. The number of amides is 2. The summed E-state index contributed by atoms with van der Waals surface area (Å²) in [7, 11) is 0. The molecule has 0 bridgehead atoms. The number of nitrogens with zero attached hydrogens (tertiary/aromatic N) is 2. The van der Waals surface area contributed by atoms with Gasteiger partial charge in [0.25, 0.3) is 0 Å². The summed E-state index contributed by atoms with van der Waals surface area (Å²) >= 11 is 0. The minimum absolute atomic E-state index is 0.0716. The fourth-order valence-corrected chi connectivity index (χ4v) is 2.40. The molecule has 2 heterocycles. The quantitative estimate of drug-likeness (QED) is 0.919. The maximum Gasteiger partial charge on any atom is 0.248 e. The molecule has 1 atom stereocenters. The number of nitrogens with one attached hydrogen (secondary N) is 1. The molecule has 108 valence electrons. The van der Waals surface area contributed by atoms with Crippen molar-refractivity contribution in [3.8, 4) is 0 Å². The van der Waals surface area contributed by atoms with Gasteiger partial charge in [-0.05, 0) is 38.8 Å². The van der Waals surface area contributed by atoms with Crippen LogP contribution in [0.3, 0.4) is 0 Å². The van der Waals surface area contributed by atoms with Crippen molar-refractivity contribution in [1.29, 1.82) is 0 Å². The number of rotatable bonds is 3. The zero-order chi connectivity index (χ0) is 14.5. The Bertz CT molecular complexity index is 502. The van der Waals surface area contributed by atoms with Crippen LogP contribution >= 0.6 is 0 Å². The van der Waals surface area contributed by atoms with Crippen LogP contribution in [0.4, 0.5) is 5.82 Å². The first kappa shape index (κ1) is 14.5. The van der Waals surface area contributed by atoms with E-state index in [1.54, 1.807) is 17.9 Å². The summed E-state index contributed by atoms with van der Waals surface area (Å²) in [5, 5.41) is 2.78. The highest BCUT2D eigenvalue weighted by Gasteiger charge is 2.26. The van der Waals surface area contributed by atoms with Crippen LogP contribution < -0.4 is 5.32 Å². The Labute approximate surface area is 119 Å². The van der Waals surface area contributed by atoms with Gasteiger partial charge in [-0.15, -0.1) is 0 Å². The van der Waals surface area contributed by atoms with Crippen molar-refractivity contribution < 1.29 is 9.59 Å². The summed E-state index contributed by atoms with van der Waals surface area (Å²) in [6, 6.07) is 5.02. The normalized spacial score (nSPS) is 17.5. The molecule has 0 saturated carbocycles. The van der Waals surface area contributed by atoms with E-state index in [-0.39, 0.29) is 11.8 Å². The van der Waals surface area contributed by atoms with Gasteiger partial charge in [-0.2, -0.15) is 0 Å². The number of aryl methyl sites for hydroxylation is 1. The van der Waals surface area contributed by atoms with Gasteiger partial charge in [-0.3, -0.25) is 9.59 Å². The lowest BCUT2D eigenvalue weighted by Gasteiger charge is -2.26. The van der Waals surface area contributed by atoms with Gasteiger partial charge < -0.3 is 10.2 Å². The first-order valence-corrected chi connectivity index (χ1v) is 7.12. The van der Waals surface area contributed by atoms with Crippen LogP contribution in [0.1, 0.15) is 38.3 Å². The van der Waals surface area contributed by atoms with Crippen LogP contribution in [0.15, 0.2) is 18.2 Å². The Morgan fingerprint density at radius 3 is 2.90 bits per heavy atom. The van der Waals surface area contributed by atoms with Crippen molar-refractivity contribution in [2.75, 3.05) is 11.9 Å². The van der Waals surface area contributed by atoms with Gasteiger partial charge in [0.1, 0.15) is 11.9 Å². The van der Waals surface area contributed by atoms with E-state index >= 15 is 0 Å². The number of likely N-dealkylation sites (tertiary alicyclic amines) is 1. The highest BCUT2D eigenvalue weighted by Crippen LogP contribution is 2.15. The largest absolute Gasteiger partial charge is 0.331 e. The molecule has 5 nitrogen and oxygen atoms in total. The molecular weight excluding hydrogens is 254 g/mol. The van der Waals surface area contributed by atoms with E-state index in [1.165, 1.54) is 0 Å². The standard InChI is InChI=1S/C15H21N3O2/c1-11-7-6-8-13(16-11)17-15(20)12(2)18-10-5-3-4-9-14(18)19/h6-8,12H,3-5,9-10H2,1-2H3,(H,16,17,20). The molecule has 1 saturated heterocycles. The lowest BCUT2D eigenvalue weighted by molar-refractivity contribution is -0.137. The molecule has 5 heteroatoms. The second kappa shape index (κ2) is 6.50. The van der Waals surface area contributed by atoms with E-state index in [4.69, 9.17) is 0 Å². The Balaban J connectivity index is 2.02. The molecule has 1 N–H and O–H groups in total. The summed E-state index contributed by atoms with van der Waals surface area (Å²) in [5.74, 6) is 0.421. The topological polar surface area (TPSA) is 62.3 Å². The highest BCUT2D eigenvalue weighted by atomic mass is 16.2. The molecule has 0 aliphatic carbocycles. The monoisotopic (exact) mass is 275 g/mol. The smallest absolute Gasteiger partial charge is 0.248 e. The third-order valence-corrected chi connectivity index (χ3v) is 3.60. The van der Waals surface area contributed by atoms with Crippen LogP contribution in [0, 0.1) is 6.92 Å². The number of carbonyl (C=O) groups excluding carboxylic acids is 2. The predicted octanol–water partition coefficient (Wildman–Crippen LogP) is 2.12. The van der Waals surface area contributed by atoms with Crippen molar-refractivity contribution in [2.24, 2.45) is 0 Å². The molecule has 2 rings (SSSR count). The van der Waals surface area contributed by atoms with Crippen LogP contribution in [-0.2, 0) is 9.59 Å². The Morgan fingerprint density at radius 1 is 1.35 bits per heavy atom. The van der Waals surface area contributed by atoms with Gasteiger partial charge in [0.05, 0.1) is 0 Å². The van der Waals surface area contributed by atoms with E-state index in [0.717, 1.165) is 25.0 Å². The van der Waals surface area contributed by atoms with Crippen molar-refractivity contribution in [1.82, 2.24) is 9.88 Å². The maximum absolute atomic E-state index is 12.2. The minimum Gasteiger partial charge on any atom is -0.331 e. The van der Waals surface area contributed by atoms with Crippen molar-refractivity contribution in [3.63, 3.8) is 0 Å². The molecule has 0 aromatic carbocycles. The van der Waals surface area contributed by atoms with E-state index in [0.29, 0.717) is 18.8 Å². The van der Waals surface area contributed by atoms with Gasteiger partial charge in [0.15, 0.2) is 0 Å². The van der Waals surface area contributed by atoms with Gasteiger partial charge in [0.2, 0.25) is 11.8 Å². The Morgan fingerprint density at radius 2 is 2.15 bits per heavy atom. The Kier molecular flexibility index (Phi) is 4.71. The minimum atomic E-state index is -0.456. The molecule has 1 unspecified atom stereocenters. The number of anilines is 1. The zero-order valence-electron chi connectivity index (χ0n) is 12.1. The third kappa shape index (κ3) is 3.56. The molecule has 0 spiro atoms. The number of hydrogen-bond acceptors (Lipinski definition) is 3. The highest BCUT2D eigenvalue weighted by molar-refractivity contribution is 5.96. The van der Waals surface area contributed by atoms with Gasteiger partial charge in [-0.1, -0.05) is 12.5 Å². The van der Waals surface area contributed by atoms with Crippen molar-refractivity contribution >= 4 is 17.6 Å². The van der Waals surface area contributed by atoms with E-state index in [1.807, 2.05) is 19.1 Å². The van der Waals surface area contributed by atoms with E-state index in [9.17, 15) is 9.59 Å². The second-order valence-corrected chi connectivity index (χ2v) is 5.23. The fraction of sp³-hybridized carbons (Fsp3) is 0.533. The summed E-state index contributed by atoms with van der Waals surface area (Å²) in [6.45, 7) is 4.31. The predicted molar refractivity (Wildman–Crippen MR) is 77.2 cm³/mol. The number of carbonyl (C=O) groups is 2. The molecule has 2 amide bonds. The SMILES string of the molecule is Cc1cccc(NC(=O)C(C)N2CCCCCC2=O)n1. The molecule has 1 aliphatic rings. The lowest BCUT2D eigenvalue weighted by Crippen LogP contribution is -2.45. The van der Waals surface area contributed by atoms with Crippen molar-refractivity contribution in [3.05, 3.63) is 23.9 Å². The molecule has 0 radical (unpaired) electrons. The summed E-state index contributed by atoms with van der Waals surface area (Å²) < 4.78 is 0. The zero-order valence-corrected chi connectivity index (χ0v) is 12.1. The van der Waals surface area contributed by atoms with E-state index < -0.39 is 6.04 Å². The lowest BCUT2D eigenvalue weighted by atomic mass is 10.2. The second-order valence-electron chi connectivity index (χ2n) is 5.23. The van der Waals surface area contributed by atoms with Crippen LogP contribution in [0.2, 0.25) is 0 Å². The maximum atomic E-state index is 12.2. The molecule has 1 fully saturated rings. The average Bonchev–Trinajstić information content (AvgIpc) is 2.62. The van der Waals surface area contributed by atoms with Crippen LogP contribution in [0.25, 0.3) is 0 Å². The summed E-state index contributed by atoms with van der Waals surface area (Å²) in [6.07, 6.45) is 3.48.